The largest absolute Gasteiger partial charge is 0.481 e. The van der Waals surface area contributed by atoms with Crippen molar-refractivity contribution in [2.24, 2.45) is 0 Å². The van der Waals surface area contributed by atoms with Crippen LogP contribution in [0.1, 0.15) is 44.9 Å². The van der Waals surface area contributed by atoms with Gasteiger partial charge in [-0.3, -0.25) is 5.10 Å². The molecular formula is C21H28N6O. The first-order valence-corrected chi connectivity index (χ1v) is 9.86. The first kappa shape index (κ1) is 19.8. The Morgan fingerprint density at radius 1 is 0.893 bits per heavy atom. The van der Waals surface area contributed by atoms with Gasteiger partial charge in [-0.05, 0) is 12.1 Å². The summed E-state index contributed by atoms with van der Waals surface area (Å²) in [5, 5.41) is 9.59. The molecule has 7 heteroatoms. The Morgan fingerprint density at radius 3 is 2.04 bits per heavy atom. The zero-order chi connectivity index (χ0) is 19.6. The fourth-order valence-electron chi connectivity index (χ4n) is 3.20. The third-order valence-corrected chi connectivity index (χ3v) is 4.78. The van der Waals surface area contributed by atoms with Crippen molar-refractivity contribution in [3.05, 3.63) is 36.9 Å². The summed E-state index contributed by atoms with van der Waals surface area (Å²) in [5.41, 5.74) is 3.38. The quantitative estimate of drug-likeness (QED) is 0.637. The van der Waals surface area contributed by atoms with Crippen LogP contribution < -0.4 is 10.1 Å². The Hall–Kier alpha value is -2.96. The van der Waals surface area contributed by atoms with Crippen molar-refractivity contribution >= 4 is 5.95 Å². The number of hydrogen-bond donors (Lipinski definition) is 2. The van der Waals surface area contributed by atoms with Gasteiger partial charge in [0.15, 0.2) is 0 Å². The molecule has 3 aromatic heterocycles. The molecule has 1 saturated carbocycles. The van der Waals surface area contributed by atoms with Gasteiger partial charge >= 0.3 is 0 Å². The molecule has 0 aliphatic heterocycles. The fraction of sp³-hybridized carbons (Fsp3) is 0.429. The van der Waals surface area contributed by atoms with Gasteiger partial charge in [0.1, 0.15) is 0 Å². The van der Waals surface area contributed by atoms with Gasteiger partial charge in [-0.15, -0.1) is 0 Å². The number of pyridine rings is 1. The van der Waals surface area contributed by atoms with Gasteiger partial charge in [0.2, 0.25) is 11.8 Å². The monoisotopic (exact) mass is 380 g/mol. The number of nitrogens with zero attached hydrogens (tertiary/aromatic N) is 4. The maximum Gasteiger partial charge on any atom is 0.222 e. The van der Waals surface area contributed by atoms with Gasteiger partial charge in [0.25, 0.3) is 0 Å². The molecule has 0 unspecified atom stereocenters. The molecule has 0 aromatic carbocycles. The molecule has 3 aromatic rings. The molecule has 3 heterocycles. The average Bonchev–Trinajstić information content (AvgIpc) is 3.13. The highest BCUT2D eigenvalue weighted by Gasteiger charge is 2.11. The van der Waals surface area contributed by atoms with Gasteiger partial charge in [-0.1, -0.05) is 44.9 Å². The fourth-order valence-corrected chi connectivity index (χ4v) is 3.20. The van der Waals surface area contributed by atoms with Crippen LogP contribution in [-0.2, 0) is 0 Å². The third-order valence-electron chi connectivity index (χ3n) is 4.78. The molecule has 1 fully saturated rings. The summed E-state index contributed by atoms with van der Waals surface area (Å²) in [5.74, 6) is 1.10. The predicted octanol–water partition coefficient (Wildman–Crippen LogP) is 4.71. The molecule has 1 aliphatic carbocycles. The van der Waals surface area contributed by atoms with E-state index in [2.05, 4.69) is 30.5 Å². The summed E-state index contributed by atoms with van der Waals surface area (Å²) in [6.45, 7) is 0. The summed E-state index contributed by atoms with van der Waals surface area (Å²) >= 11 is 0. The second kappa shape index (κ2) is 10.4. The highest BCUT2D eigenvalue weighted by atomic mass is 16.5. The van der Waals surface area contributed by atoms with Crippen LogP contribution in [0.15, 0.2) is 36.9 Å². The third kappa shape index (κ3) is 5.28. The minimum atomic E-state index is 0.534. The van der Waals surface area contributed by atoms with Gasteiger partial charge in [0.05, 0.1) is 19.0 Å². The minimum Gasteiger partial charge on any atom is -0.481 e. The van der Waals surface area contributed by atoms with E-state index in [-0.39, 0.29) is 0 Å². The molecule has 0 radical (unpaired) electrons. The normalized spacial score (nSPS) is 13.8. The molecule has 7 nitrogen and oxygen atoms in total. The molecule has 2 N–H and O–H groups in total. The van der Waals surface area contributed by atoms with Crippen LogP contribution >= 0.6 is 0 Å². The van der Waals surface area contributed by atoms with Gasteiger partial charge in [-0.2, -0.15) is 5.10 Å². The molecule has 0 amide bonds. The van der Waals surface area contributed by atoms with Crippen molar-refractivity contribution in [3.63, 3.8) is 0 Å². The van der Waals surface area contributed by atoms with Crippen LogP contribution in [0.25, 0.3) is 22.4 Å². The van der Waals surface area contributed by atoms with Crippen molar-refractivity contribution in [2.75, 3.05) is 19.5 Å². The number of rotatable bonds is 4. The summed E-state index contributed by atoms with van der Waals surface area (Å²) in [6, 6.07) is 3.85. The number of hydrogen-bond acceptors (Lipinski definition) is 6. The molecule has 0 atom stereocenters. The first-order chi connectivity index (χ1) is 13.8. The van der Waals surface area contributed by atoms with E-state index in [1.165, 1.54) is 44.9 Å². The summed E-state index contributed by atoms with van der Waals surface area (Å²) < 4.78 is 5.37. The van der Waals surface area contributed by atoms with E-state index in [9.17, 15) is 0 Å². The van der Waals surface area contributed by atoms with Crippen molar-refractivity contribution in [1.82, 2.24) is 25.1 Å². The second-order valence-electron chi connectivity index (χ2n) is 6.76. The molecule has 28 heavy (non-hydrogen) atoms. The number of methoxy groups -OCH3 is 1. The first-order valence-electron chi connectivity index (χ1n) is 9.86. The average molecular weight is 380 g/mol. The lowest BCUT2D eigenvalue weighted by Crippen LogP contribution is -1.97. The molecule has 1 aliphatic rings. The summed E-state index contributed by atoms with van der Waals surface area (Å²) in [4.78, 5) is 12.9. The van der Waals surface area contributed by atoms with Crippen LogP contribution in [0, 0.1) is 0 Å². The molecule has 0 saturated heterocycles. The van der Waals surface area contributed by atoms with Crippen molar-refractivity contribution in [3.8, 4) is 28.3 Å². The van der Waals surface area contributed by atoms with Crippen LogP contribution in [0.5, 0.6) is 5.88 Å². The minimum absolute atomic E-state index is 0.534. The Bertz CT molecular complexity index is 813. The molecular weight excluding hydrogens is 352 g/mol. The summed E-state index contributed by atoms with van der Waals surface area (Å²) in [6.07, 6.45) is 17.5. The lowest BCUT2D eigenvalue weighted by Gasteiger charge is -2.08. The van der Waals surface area contributed by atoms with Crippen LogP contribution in [0.2, 0.25) is 0 Å². The SMILES string of the molecule is C1CCCCCC1.CNc1ncc(-c2ccc(-c3cn[nH]c3)c(OC)n2)cn1. The van der Waals surface area contributed by atoms with E-state index in [1.54, 1.807) is 38.9 Å². The van der Waals surface area contributed by atoms with Gasteiger partial charge in [0, 0.05) is 42.3 Å². The second-order valence-corrected chi connectivity index (χ2v) is 6.76. The van der Waals surface area contributed by atoms with E-state index in [4.69, 9.17) is 4.74 Å². The zero-order valence-corrected chi connectivity index (χ0v) is 16.6. The topological polar surface area (TPSA) is 88.6 Å². The highest BCUT2D eigenvalue weighted by Crippen LogP contribution is 2.30. The zero-order valence-electron chi connectivity index (χ0n) is 16.6. The predicted molar refractivity (Wildman–Crippen MR) is 111 cm³/mol. The van der Waals surface area contributed by atoms with E-state index in [0.717, 1.165) is 22.4 Å². The number of anilines is 1. The maximum atomic E-state index is 5.37. The van der Waals surface area contributed by atoms with Crippen molar-refractivity contribution in [1.29, 1.82) is 0 Å². The number of ether oxygens (including phenoxy) is 1. The standard InChI is InChI=1S/C14H14N6O.C7H14/c1-15-14-16-5-10(6-17-14)12-4-3-11(13(20-12)21-2)9-7-18-19-8-9;1-2-4-6-7-5-3-1/h3-8H,1-2H3,(H,18,19)(H,15,16,17);1-7H2. The lowest BCUT2D eigenvalue weighted by molar-refractivity contribution is 0.400. The number of H-pyrrole nitrogens is 1. The van der Waals surface area contributed by atoms with Crippen LogP contribution in [0.3, 0.4) is 0 Å². The maximum absolute atomic E-state index is 5.37. The number of aromatic amines is 1. The Balaban J connectivity index is 0.000000271. The van der Waals surface area contributed by atoms with E-state index < -0.39 is 0 Å². The van der Waals surface area contributed by atoms with Gasteiger partial charge < -0.3 is 10.1 Å². The van der Waals surface area contributed by atoms with Crippen molar-refractivity contribution < 1.29 is 4.74 Å². The van der Waals surface area contributed by atoms with Gasteiger partial charge in [-0.25, -0.2) is 15.0 Å². The summed E-state index contributed by atoms with van der Waals surface area (Å²) in [7, 11) is 3.37. The molecule has 0 bridgehead atoms. The number of nitrogens with one attached hydrogen (secondary N) is 2. The van der Waals surface area contributed by atoms with Crippen LogP contribution in [0.4, 0.5) is 5.95 Å². The molecule has 4 rings (SSSR count). The smallest absolute Gasteiger partial charge is 0.222 e. The molecule has 148 valence electrons. The molecule has 0 spiro atoms. The van der Waals surface area contributed by atoms with Crippen LogP contribution in [-0.4, -0.2) is 39.3 Å². The van der Waals surface area contributed by atoms with E-state index >= 15 is 0 Å². The Morgan fingerprint density at radius 2 is 1.54 bits per heavy atom. The number of aromatic nitrogens is 5. The van der Waals surface area contributed by atoms with E-state index in [1.807, 2.05) is 12.1 Å². The van der Waals surface area contributed by atoms with Crippen molar-refractivity contribution in [2.45, 2.75) is 44.9 Å². The lowest BCUT2D eigenvalue weighted by atomic mass is 10.1. The van der Waals surface area contributed by atoms with E-state index in [0.29, 0.717) is 11.8 Å². The highest BCUT2D eigenvalue weighted by molar-refractivity contribution is 5.70. The Kier molecular flexibility index (Phi) is 7.35. The Labute approximate surface area is 166 Å².